The van der Waals surface area contributed by atoms with E-state index in [9.17, 15) is 18.0 Å². The number of anilines is 1. The first-order valence-corrected chi connectivity index (χ1v) is 12.4. The van der Waals surface area contributed by atoms with E-state index in [4.69, 9.17) is 0 Å². The Labute approximate surface area is 208 Å². The molecule has 0 unspecified atom stereocenters. The molecular formula is C27H28F3N3OS. The lowest BCUT2D eigenvalue weighted by Crippen LogP contribution is -2.48. The number of hydrogen-bond acceptors (Lipinski definition) is 4. The molecule has 4 nitrogen and oxygen atoms in total. The molecule has 4 rings (SSSR count). The van der Waals surface area contributed by atoms with Gasteiger partial charge in [0, 0.05) is 49.1 Å². The van der Waals surface area contributed by atoms with Crippen molar-refractivity contribution in [2.45, 2.75) is 42.7 Å². The van der Waals surface area contributed by atoms with E-state index in [1.54, 1.807) is 36.2 Å². The maximum atomic E-state index is 14.1. The molecule has 0 N–H and O–H groups in total. The summed E-state index contributed by atoms with van der Waals surface area (Å²) in [6, 6.07) is 15.7. The normalized spacial score (nSPS) is 14.5. The number of nitrogens with zero attached hydrogens (tertiary/aromatic N) is 3. The van der Waals surface area contributed by atoms with Crippen LogP contribution in [0.15, 0.2) is 70.6 Å². The van der Waals surface area contributed by atoms with Crippen molar-refractivity contribution >= 4 is 23.5 Å². The lowest BCUT2D eigenvalue weighted by atomic mass is 10.0. The lowest BCUT2D eigenvalue weighted by molar-refractivity contribution is -0.139. The van der Waals surface area contributed by atoms with Crippen molar-refractivity contribution in [2.75, 3.05) is 31.1 Å². The molecule has 184 valence electrons. The predicted octanol–water partition coefficient (Wildman–Crippen LogP) is 6.71. The zero-order valence-corrected chi connectivity index (χ0v) is 20.8. The fourth-order valence-electron chi connectivity index (χ4n) is 4.21. The summed E-state index contributed by atoms with van der Waals surface area (Å²) in [5, 5.41) is 0. The first-order valence-electron chi connectivity index (χ1n) is 11.6. The monoisotopic (exact) mass is 499 g/mol. The SMILES string of the molecule is CC(=O)N1CCN(c2cc(-c3ccc(Sc4ccccc4C(C)C)c(C(F)(F)F)c3)ccn2)CC1. The van der Waals surface area contributed by atoms with Gasteiger partial charge in [0.15, 0.2) is 0 Å². The molecule has 0 spiro atoms. The minimum atomic E-state index is -4.48. The minimum absolute atomic E-state index is 0.0417. The average Bonchev–Trinajstić information content (AvgIpc) is 2.84. The molecule has 8 heteroatoms. The fourth-order valence-corrected chi connectivity index (χ4v) is 5.44. The lowest BCUT2D eigenvalue weighted by Gasteiger charge is -2.35. The molecule has 0 saturated carbocycles. The van der Waals surface area contributed by atoms with Gasteiger partial charge in [-0.25, -0.2) is 4.98 Å². The van der Waals surface area contributed by atoms with E-state index >= 15 is 0 Å². The van der Waals surface area contributed by atoms with Crippen molar-refractivity contribution in [1.29, 1.82) is 0 Å². The van der Waals surface area contributed by atoms with E-state index in [1.165, 1.54) is 6.07 Å². The molecule has 1 aliphatic heterocycles. The summed E-state index contributed by atoms with van der Waals surface area (Å²) in [4.78, 5) is 20.9. The minimum Gasteiger partial charge on any atom is -0.353 e. The Balaban J connectivity index is 1.64. The number of carbonyl (C=O) groups is 1. The standard InChI is InChI=1S/C27H28F3N3OS/c1-18(2)22-6-4-5-7-24(22)35-25-9-8-20(16-23(25)27(28,29)30)21-10-11-31-26(17-21)33-14-12-32(13-15-33)19(3)34/h4-11,16-18H,12-15H2,1-3H3. The first kappa shape index (κ1) is 25.1. The van der Waals surface area contributed by atoms with E-state index in [-0.39, 0.29) is 16.7 Å². The molecule has 1 aliphatic rings. The summed E-state index contributed by atoms with van der Waals surface area (Å²) < 4.78 is 42.3. The third kappa shape index (κ3) is 5.81. The van der Waals surface area contributed by atoms with Crippen LogP contribution in [0.4, 0.5) is 19.0 Å². The number of benzene rings is 2. The van der Waals surface area contributed by atoms with Crippen molar-refractivity contribution in [3.63, 3.8) is 0 Å². The Kier molecular flexibility index (Phi) is 7.40. The van der Waals surface area contributed by atoms with Gasteiger partial charge in [0.25, 0.3) is 0 Å². The molecule has 0 atom stereocenters. The smallest absolute Gasteiger partial charge is 0.353 e. The summed E-state index contributed by atoms with van der Waals surface area (Å²) in [5.74, 6) is 0.948. The van der Waals surface area contributed by atoms with Crippen molar-refractivity contribution in [2.24, 2.45) is 0 Å². The number of piperazine rings is 1. The van der Waals surface area contributed by atoms with Gasteiger partial charge in [-0.05, 0) is 52.9 Å². The quantitative estimate of drug-likeness (QED) is 0.391. The largest absolute Gasteiger partial charge is 0.417 e. The fraction of sp³-hybridized carbons (Fsp3) is 0.333. The van der Waals surface area contributed by atoms with Crippen LogP contribution in [0.3, 0.4) is 0 Å². The number of alkyl halides is 3. The third-order valence-electron chi connectivity index (χ3n) is 6.17. The summed E-state index contributed by atoms with van der Waals surface area (Å²) >= 11 is 1.16. The van der Waals surface area contributed by atoms with Crippen LogP contribution in [0.1, 0.15) is 37.8 Å². The zero-order chi connectivity index (χ0) is 25.2. The van der Waals surface area contributed by atoms with Gasteiger partial charge in [0.2, 0.25) is 5.91 Å². The number of carbonyl (C=O) groups excluding carboxylic acids is 1. The van der Waals surface area contributed by atoms with Crippen molar-refractivity contribution in [3.8, 4) is 11.1 Å². The average molecular weight is 500 g/mol. The topological polar surface area (TPSA) is 36.4 Å². The van der Waals surface area contributed by atoms with Crippen LogP contribution < -0.4 is 4.90 Å². The first-order chi connectivity index (χ1) is 16.6. The Morgan fingerprint density at radius 2 is 1.63 bits per heavy atom. The van der Waals surface area contributed by atoms with Crippen molar-refractivity contribution in [1.82, 2.24) is 9.88 Å². The number of pyridine rings is 1. The second kappa shape index (κ2) is 10.3. The second-order valence-corrected chi connectivity index (χ2v) is 9.98. The molecule has 0 radical (unpaired) electrons. The number of amides is 1. The Hall–Kier alpha value is -3.00. The molecule has 0 bridgehead atoms. The summed E-state index contributed by atoms with van der Waals surface area (Å²) in [5.41, 5.74) is 1.55. The highest BCUT2D eigenvalue weighted by molar-refractivity contribution is 7.99. The highest BCUT2D eigenvalue weighted by Gasteiger charge is 2.34. The molecule has 1 saturated heterocycles. The van der Waals surface area contributed by atoms with E-state index < -0.39 is 11.7 Å². The van der Waals surface area contributed by atoms with Gasteiger partial charge in [-0.15, -0.1) is 0 Å². The predicted molar refractivity (Wildman–Crippen MR) is 134 cm³/mol. The molecule has 1 aromatic heterocycles. The Morgan fingerprint density at radius 3 is 2.29 bits per heavy atom. The second-order valence-electron chi connectivity index (χ2n) is 8.90. The van der Waals surface area contributed by atoms with E-state index in [0.29, 0.717) is 43.1 Å². The summed E-state index contributed by atoms with van der Waals surface area (Å²) in [7, 11) is 0. The summed E-state index contributed by atoms with van der Waals surface area (Å²) in [6.45, 7) is 8.09. The zero-order valence-electron chi connectivity index (χ0n) is 20.0. The molecule has 1 fully saturated rings. The van der Waals surface area contributed by atoms with Gasteiger partial charge < -0.3 is 9.80 Å². The van der Waals surface area contributed by atoms with Crippen LogP contribution in [0, 0.1) is 0 Å². The van der Waals surface area contributed by atoms with Gasteiger partial charge in [-0.3, -0.25) is 4.79 Å². The van der Waals surface area contributed by atoms with E-state index in [2.05, 4.69) is 9.88 Å². The van der Waals surface area contributed by atoms with Gasteiger partial charge in [-0.1, -0.05) is 49.9 Å². The maximum absolute atomic E-state index is 14.1. The van der Waals surface area contributed by atoms with Crippen molar-refractivity contribution < 1.29 is 18.0 Å². The number of rotatable bonds is 5. The Bertz CT molecular complexity index is 1200. The van der Waals surface area contributed by atoms with Crippen LogP contribution in [0.5, 0.6) is 0 Å². The van der Waals surface area contributed by atoms with E-state index in [0.717, 1.165) is 22.2 Å². The van der Waals surface area contributed by atoms with Gasteiger partial charge >= 0.3 is 6.18 Å². The molecule has 2 heterocycles. The van der Waals surface area contributed by atoms with E-state index in [1.807, 2.05) is 44.2 Å². The number of aromatic nitrogens is 1. The van der Waals surface area contributed by atoms with Crippen LogP contribution in [-0.2, 0) is 11.0 Å². The molecule has 0 aliphatic carbocycles. The molecular weight excluding hydrogens is 471 g/mol. The van der Waals surface area contributed by atoms with Gasteiger partial charge in [-0.2, -0.15) is 13.2 Å². The highest BCUT2D eigenvalue weighted by atomic mass is 32.2. The van der Waals surface area contributed by atoms with Crippen LogP contribution in [-0.4, -0.2) is 42.0 Å². The molecule has 3 aromatic rings. The van der Waals surface area contributed by atoms with Crippen LogP contribution >= 0.6 is 11.8 Å². The highest BCUT2D eigenvalue weighted by Crippen LogP contribution is 2.43. The van der Waals surface area contributed by atoms with Gasteiger partial charge in [0.1, 0.15) is 5.82 Å². The summed E-state index contributed by atoms with van der Waals surface area (Å²) in [6.07, 6.45) is -2.86. The number of hydrogen-bond donors (Lipinski definition) is 0. The molecule has 35 heavy (non-hydrogen) atoms. The number of halogens is 3. The Morgan fingerprint density at radius 1 is 0.943 bits per heavy atom. The maximum Gasteiger partial charge on any atom is 0.417 e. The molecule has 2 aromatic carbocycles. The van der Waals surface area contributed by atoms with Gasteiger partial charge in [0.05, 0.1) is 5.56 Å². The van der Waals surface area contributed by atoms with Crippen molar-refractivity contribution in [3.05, 3.63) is 71.9 Å². The molecule has 1 amide bonds. The van der Waals surface area contributed by atoms with Crippen LogP contribution in [0.2, 0.25) is 0 Å². The van der Waals surface area contributed by atoms with Crippen LogP contribution in [0.25, 0.3) is 11.1 Å². The third-order valence-corrected chi connectivity index (χ3v) is 7.34.